The zero-order valence-electron chi connectivity index (χ0n) is 16.4. The number of ether oxygens (including phenoxy) is 1. The van der Waals surface area contributed by atoms with Crippen LogP contribution in [0.2, 0.25) is 0 Å². The van der Waals surface area contributed by atoms with Crippen LogP contribution in [-0.2, 0) is 17.7 Å². The Bertz CT molecular complexity index is 812. The van der Waals surface area contributed by atoms with E-state index in [1.807, 2.05) is 31.9 Å². The number of hydrogen-bond acceptors (Lipinski definition) is 5. The molecule has 2 aliphatic heterocycles. The molecule has 0 radical (unpaired) electrons. The first kappa shape index (κ1) is 18.5. The van der Waals surface area contributed by atoms with Crippen molar-refractivity contribution in [2.75, 3.05) is 13.1 Å². The number of fused-ring (bicyclic) bond motifs is 1. The summed E-state index contributed by atoms with van der Waals surface area (Å²) < 4.78 is 7.63. The zero-order valence-corrected chi connectivity index (χ0v) is 17.2. The molecule has 0 N–H and O–H groups in total. The molecule has 2 aromatic heterocycles. The summed E-state index contributed by atoms with van der Waals surface area (Å²) in [6.07, 6.45) is 7.20. The van der Waals surface area contributed by atoms with Crippen molar-refractivity contribution in [3.05, 3.63) is 23.0 Å². The van der Waals surface area contributed by atoms with Gasteiger partial charge in [-0.05, 0) is 52.9 Å². The molecule has 2 aliphatic rings. The second-order valence-electron chi connectivity index (χ2n) is 8.50. The Balaban J connectivity index is 1.40. The molecular weight excluding hydrogens is 360 g/mol. The maximum atomic E-state index is 12.2. The first-order valence-electron chi connectivity index (χ1n) is 9.89. The number of amides is 1. The number of nitrogens with zero attached hydrogens (tertiary/aromatic N) is 4. The Kier molecular flexibility index (Phi) is 4.97. The smallest absolute Gasteiger partial charge is 0.410 e. The molecule has 0 spiro atoms. The summed E-state index contributed by atoms with van der Waals surface area (Å²) in [5.41, 5.74) is 3.26. The zero-order chi connectivity index (χ0) is 19.0. The summed E-state index contributed by atoms with van der Waals surface area (Å²) in [6, 6.07) is 0. The van der Waals surface area contributed by atoms with E-state index >= 15 is 0 Å². The van der Waals surface area contributed by atoms with Crippen LogP contribution in [-0.4, -0.2) is 44.4 Å². The number of thiazole rings is 1. The normalized spacial score (nSPS) is 18.4. The molecule has 0 aliphatic carbocycles. The van der Waals surface area contributed by atoms with Gasteiger partial charge in [-0.1, -0.05) is 0 Å². The van der Waals surface area contributed by atoms with E-state index in [4.69, 9.17) is 9.72 Å². The largest absolute Gasteiger partial charge is 0.444 e. The fourth-order valence-corrected chi connectivity index (χ4v) is 4.81. The van der Waals surface area contributed by atoms with E-state index in [0.717, 1.165) is 49.6 Å². The van der Waals surface area contributed by atoms with E-state index in [-0.39, 0.29) is 6.09 Å². The lowest BCUT2D eigenvalue weighted by atomic mass is 9.94. The van der Waals surface area contributed by atoms with Crippen LogP contribution in [0, 0.1) is 0 Å². The third-order valence-electron chi connectivity index (χ3n) is 5.30. The van der Waals surface area contributed by atoms with Crippen molar-refractivity contribution < 1.29 is 9.53 Å². The van der Waals surface area contributed by atoms with Crippen molar-refractivity contribution in [3.63, 3.8) is 0 Å². The highest BCUT2D eigenvalue weighted by Crippen LogP contribution is 2.35. The molecule has 0 aromatic carbocycles. The van der Waals surface area contributed by atoms with Crippen molar-refractivity contribution in [2.24, 2.45) is 0 Å². The van der Waals surface area contributed by atoms with Crippen molar-refractivity contribution in [3.8, 4) is 10.6 Å². The highest BCUT2D eigenvalue weighted by Gasteiger charge is 2.29. The SMILES string of the molecule is CC(C)(C)OC(=O)N1CCC(c2csc(-c3cnn4c3CCCC4)n2)CC1. The van der Waals surface area contributed by atoms with Gasteiger partial charge in [0.1, 0.15) is 10.6 Å². The molecule has 146 valence electrons. The topological polar surface area (TPSA) is 60.2 Å². The van der Waals surface area contributed by atoms with Gasteiger partial charge in [0, 0.05) is 36.6 Å². The summed E-state index contributed by atoms with van der Waals surface area (Å²) in [4.78, 5) is 19.0. The molecule has 1 fully saturated rings. The van der Waals surface area contributed by atoms with Crippen molar-refractivity contribution in [1.29, 1.82) is 0 Å². The van der Waals surface area contributed by atoms with Gasteiger partial charge in [-0.15, -0.1) is 11.3 Å². The van der Waals surface area contributed by atoms with Gasteiger partial charge >= 0.3 is 6.09 Å². The van der Waals surface area contributed by atoms with Crippen LogP contribution >= 0.6 is 11.3 Å². The maximum absolute atomic E-state index is 12.2. The van der Waals surface area contributed by atoms with Gasteiger partial charge < -0.3 is 9.64 Å². The van der Waals surface area contributed by atoms with Gasteiger partial charge in [-0.25, -0.2) is 9.78 Å². The van der Waals surface area contributed by atoms with Gasteiger partial charge in [-0.2, -0.15) is 5.10 Å². The molecule has 1 saturated heterocycles. The molecule has 0 atom stereocenters. The number of likely N-dealkylation sites (tertiary alicyclic amines) is 1. The third kappa shape index (κ3) is 4.03. The van der Waals surface area contributed by atoms with E-state index in [9.17, 15) is 4.79 Å². The van der Waals surface area contributed by atoms with Crippen LogP contribution in [0.25, 0.3) is 10.6 Å². The van der Waals surface area contributed by atoms with Crippen molar-refractivity contribution in [2.45, 2.75) is 70.9 Å². The Morgan fingerprint density at radius 2 is 2.00 bits per heavy atom. The molecule has 6 nitrogen and oxygen atoms in total. The third-order valence-corrected chi connectivity index (χ3v) is 6.19. The summed E-state index contributed by atoms with van der Waals surface area (Å²) >= 11 is 1.72. The average molecular weight is 389 g/mol. The van der Waals surface area contributed by atoms with E-state index < -0.39 is 5.60 Å². The van der Waals surface area contributed by atoms with Gasteiger partial charge in [0.2, 0.25) is 0 Å². The molecule has 4 heterocycles. The Labute approximate surface area is 164 Å². The van der Waals surface area contributed by atoms with Crippen molar-refractivity contribution in [1.82, 2.24) is 19.7 Å². The number of aromatic nitrogens is 3. The van der Waals surface area contributed by atoms with Crippen LogP contribution in [0.15, 0.2) is 11.6 Å². The standard InChI is InChI=1S/C20H28N4O2S/c1-20(2,3)26-19(25)23-10-7-14(8-11-23)16-13-27-18(22-16)15-12-21-24-9-5-4-6-17(15)24/h12-14H,4-11H2,1-3H3. The fraction of sp³-hybridized carbons (Fsp3) is 0.650. The molecule has 1 amide bonds. The van der Waals surface area contributed by atoms with Gasteiger partial charge in [0.05, 0.1) is 17.5 Å². The predicted molar refractivity (Wildman–Crippen MR) is 106 cm³/mol. The lowest BCUT2D eigenvalue weighted by Gasteiger charge is -2.32. The number of piperidine rings is 1. The minimum atomic E-state index is -0.442. The highest BCUT2D eigenvalue weighted by atomic mass is 32.1. The van der Waals surface area contributed by atoms with Gasteiger partial charge in [-0.3, -0.25) is 4.68 Å². The Morgan fingerprint density at radius 3 is 2.74 bits per heavy atom. The van der Waals surface area contributed by atoms with Crippen LogP contribution < -0.4 is 0 Å². The lowest BCUT2D eigenvalue weighted by molar-refractivity contribution is 0.0204. The number of hydrogen-bond donors (Lipinski definition) is 0. The van der Waals surface area contributed by atoms with E-state index in [0.29, 0.717) is 5.92 Å². The molecule has 0 saturated carbocycles. The van der Waals surface area contributed by atoms with Gasteiger partial charge in [0.15, 0.2) is 0 Å². The van der Waals surface area contributed by atoms with Gasteiger partial charge in [0.25, 0.3) is 0 Å². The second-order valence-corrected chi connectivity index (χ2v) is 9.36. The molecule has 2 aromatic rings. The minimum absolute atomic E-state index is 0.202. The number of rotatable bonds is 2. The quantitative estimate of drug-likeness (QED) is 0.762. The van der Waals surface area contributed by atoms with Crippen molar-refractivity contribution >= 4 is 17.4 Å². The van der Waals surface area contributed by atoms with E-state index in [1.165, 1.54) is 24.1 Å². The summed E-state index contributed by atoms with van der Waals surface area (Å²) in [6.45, 7) is 8.21. The summed E-state index contributed by atoms with van der Waals surface area (Å²) in [5, 5.41) is 7.81. The minimum Gasteiger partial charge on any atom is -0.444 e. The maximum Gasteiger partial charge on any atom is 0.410 e. The summed E-state index contributed by atoms with van der Waals surface area (Å²) in [5.74, 6) is 0.417. The molecule has 4 rings (SSSR count). The first-order chi connectivity index (χ1) is 12.9. The number of aryl methyl sites for hydroxylation is 1. The molecule has 27 heavy (non-hydrogen) atoms. The van der Waals surface area contributed by atoms with Crippen LogP contribution in [0.3, 0.4) is 0 Å². The van der Waals surface area contributed by atoms with Crippen LogP contribution in [0.1, 0.15) is 63.8 Å². The predicted octanol–water partition coefficient (Wildman–Crippen LogP) is 4.46. The van der Waals surface area contributed by atoms with Crippen LogP contribution in [0.4, 0.5) is 4.79 Å². The monoisotopic (exact) mass is 388 g/mol. The molecule has 0 unspecified atom stereocenters. The average Bonchev–Trinajstić information content (AvgIpc) is 3.27. The van der Waals surface area contributed by atoms with Crippen LogP contribution in [0.5, 0.6) is 0 Å². The Hall–Kier alpha value is -1.89. The molecule has 0 bridgehead atoms. The van der Waals surface area contributed by atoms with E-state index in [2.05, 4.69) is 15.2 Å². The molecule has 7 heteroatoms. The Morgan fingerprint density at radius 1 is 1.22 bits per heavy atom. The fourth-order valence-electron chi connectivity index (χ4n) is 3.88. The first-order valence-corrected chi connectivity index (χ1v) is 10.8. The molecular formula is C20H28N4O2S. The number of carbonyl (C=O) groups excluding carboxylic acids is 1. The lowest BCUT2D eigenvalue weighted by Crippen LogP contribution is -2.41. The highest BCUT2D eigenvalue weighted by molar-refractivity contribution is 7.13. The summed E-state index contributed by atoms with van der Waals surface area (Å²) in [7, 11) is 0. The second kappa shape index (κ2) is 7.26. The number of carbonyl (C=O) groups is 1. The van der Waals surface area contributed by atoms with E-state index in [1.54, 1.807) is 11.3 Å².